The van der Waals surface area contributed by atoms with Crippen molar-refractivity contribution in [1.82, 2.24) is 5.32 Å². The molecule has 0 unspecified atom stereocenters. The molecule has 0 saturated carbocycles. The average Bonchev–Trinajstić information content (AvgIpc) is 2.31. The maximum Gasteiger partial charge on any atom is 0.217 e. The molecule has 0 aromatic heterocycles. The van der Waals surface area contributed by atoms with E-state index in [1.165, 1.54) is 6.92 Å². The van der Waals surface area contributed by atoms with Gasteiger partial charge in [-0.05, 0) is 24.9 Å². The zero-order valence-corrected chi connectivity index (χ0v) is 15.3. The van der Waals surface area contributed by atoms with Gasteiger partial charge in [0, 0.05) is 18.8 Å². The van der Waals surface area contributed by atoms with Gasteiger partial charge in [0.1, 0.15) is 0 Å². The fraction of sp³-hybridized carbons (Fsp3) is 0.800. The van der Waals surface area contributed by atoms with Gasteiger partial charge in [0.15, 0.2) is 5.79 Å². The summed E-state index contributed by atoms with van der Waals surface area (Å²) in [6, 6.07) is -0.0380. The zero-order valence-electron chi connectivity index (χ0n) is 13.1. The van der Waals surface area contributed by atoms with Crippen molar-refractivity contribution in [3.63, 3.8) is 0 Å². The number of amides is 1. The molecule has 0 aromatic carbocycles. The van der Waals surface area contributed by atoms with Gasteiger partial charge in [-0.2, -0.15) is 0 Å². The van der Waals surface area contributed by atoms with Crippen LogP contribution in [0.3, 0.4) is 0 Å². The largest absolute Gasteiger partial charge is 0.351 e. The summed E-state index contributed by atoms with van der Waals surface area (Å²) in [5.41, 5.74) is 0. The van der Waals surface area contributed by atoms with Crippen LogP contribution in [0.25, 0.3) is 0 Å². The molecule has 0 radical (unpaired) electrons. The fourth-order valence-corrected chi connectivity index (χ4v) is 3.51. The van der Waals surface area contributed by atoms with Crippen LogP contribution in [0.1, 0.15) is 41.5 Å². The van der Waals surface area contributed by atoms with E-state index in [-0.39, 0.29) is 30.1 Å². The molecule has 1 fully saturated rings. The van der Waals surface area contributed by atoms with Crippen molar-refractivity contribution in [3.05, 3.63) is 10.2 Å². The molecule has 4 nitrogen and oxygen atoms in total. The molecule has 0 bridgehead atoms. The van der Waals surface area contributed by atoms with E-state index in [1.54, 1.807) is 0 Å². The Morgan fingerprint density at radius 3 is 2.35 bits per heavy atom. The SMILES string of the molecule is CC(=O)N[C@H](C)[C@H]1OC(C)(C)O[C@H]([C@H](C)/C=C/I)[C@@H]1C. The number of nitrogens with one attached hydrogen (secondary N) is 1. The lowest BCUT2D eigenvalue weighted by molar-refractivity contribution is -0.327. The number of carbonyl (C=O) groups is 1. The third-order valence-electron chi connectivity index (χ3n) is 3.69. The van der Waals surface area contributed by atoms with Gasteiger partial charge >= 0.3 is 0 Å². The lowest BCUT2D eigenvalue weighted by Crippen LogP contribution is -2.58. The van der Waals surface area contributed by atoms with Crippen LogP contribution in [0.2, 0.25) is 0 Å². The third kappa shape index (κ3) is 4.70. The van der Waals surface area contributed by atoms with E-state index < -0.39 is 5.79 Å². The van der Waals surface area contributed by atoms with E-state index in [0.717, 1.165) is 0 Å². The second kappa shape index (κ2) is 7.22. The topological polar surface area (TPSA) is 47.6 Å². The highest BCUT2D eigenvalue weighted by atomic mass is 127. The fourth-order valence-electron chi connectivity index (χ4n) is 2.86. The Bertz CT molecular complexity index is 370. The molecule has 1 heterocycles. The van der Waals surface area contributed by atoms with E-state index in [1.807, 2.05) is 24.9 Å². The van der Waals surface area contributed by atoms with Crippen LogP contribution in [-0.4, -0.2) is 29.9 Å². The van der Waals surface area contributed by atoms with Gasteiger partial charge in [-0.15, -0.1) is 0 Å². The Labute approximate surface area is 135 Å². The zero-order chi connectivity index (χ0) is 15.5. The number of hydrogen-bond donors (Lipinski definition) is 1. The van der Waals surface area contributed by atoms with Crippen LogP contribution in [0, 0.1) is 11.8 Å². The number of rotatable bonds is 4. The quantitative estimate of drug-likeness (QED) is 0.744. The van der Waals surface area contributed by atoms with Crippen molar-refractivity contribution in [2.24, 2.45) is 11.8 Å². The van der Waals surface area contributed by atoms with Crippen molar-refractivity contribution in [2.45, 2.75) is 65.6 Å². The summed E-state index contributed by atoms with van der Waals surface area (Å²) in [5.74, 6) is -0.166. The molecule has 5 heteroatoms. The molecule has 116 valence electrons. The predicted octanol–water partition coefficient (Wildman–Crippen LogP) is 3.25. The molecule has 1 amide bonds. The standard InChI is InChI=1S/C15H26INO3/c1-9(7-8-16)13-10(2)14(11(3)17-12(4)18)20-15(5,6)19-13/h7-11,13-14H,1-6H3,(H,17,18)/b8-7+/t9-,10+,11-,13-,14+/m1/s1. The monoisotopic (exact) mass is 395 g/mol. The maximum absolute atomic E-state index is 11.3. The first kappa shape index (κ1) is 17.9. The second-order valence-corrected chi connectivity index (χ2v) is 6.81. The average molecular weight is 395 g/mol. The minimum atomic E-state index is -0.637. The van der Waals surface area contributed by atoms with E-state index >= 15 is 0 Å². The Morgan fingerprint density at radius 1 is 1.30 bits per heavy atom. The van der Waals surface area contributed by atoms with Crippen LogP contribution < -0.4 is 5.32 Å². The summed E-state index contributed by atoms with van der Waals surface area (Å²) < 4.78 is 14.2. The molecular formula is C15H26INO3. The van der Waals surface area contributed by atoms with Crippen LogP contribution in [0.4, 0.5) is 0 Å². The first-order valence-electron chi connectivity index (χ1n) is 7.07. The highest BCUT2D eigenvalue weighted by Crippen LogP contribution is 2.36. The van der Waals surface area contributed by atoms with Crippen LogP contribution >= 0.6 is 22.6 Å². The molecule has 0 spiro atoms. The van der Waals surface area contributed by atoms with Crippen LogP contribution in [0.15, 0.2) is 10.2 Å². The normalized spacial score (nSPS) is 32.9. The number of halogens is 1. The minimum Gasteiger partial charge on any atom is -0.351 e. The Balaban J connectivity index is 2.92. The van der Waals surface area contributed by atoms with E-state index in [2.05, 4.69) is 47.8 Å². The Hall–Kier alpha value is -0.140. The van der Waals surface area contributed by atoms with E-state index in [0.29, 0.717) is 5.92 Å². The summed E-state index contributed by atoms with van der Waals surface area (Å²) in [7, 11) is 0. The van der Waals surface area contributed by atoms with Gasteiger partial charge in [0.25, 0.3) is 0 Å². The Kier molecular flexibility index (Phi) is 6.47. The molecule has 1 rings (SSSR count). The van der Waals surface area contributed by atoms with Crippen LogP contribution in [-0.2, 0) is 14.3 Å². The van der Waals surface area contributed by atoms with Gasteiger partial charge in [0.05, 0.1) is 18.2 Å². The number of carbonyl (C=O) groups excluding carboxylic acids is 1. The van der Waals surface area contributed by atoms with Gasteiger partial charge < -0.3 is 14.8 Å². The highest BCUT2D eigenvalue weighted by Gasteiger charge is 2.44. The summed E-state index contributed by atoms with van der Waals surface area (Å²) in [6.07, 6.45) is 2.16. The van der Waals surface area contributed by atoms with Gasteiger partial charge in [-0.3, -0.25) is 4.79 Å². The Morgan fingerprint density at radius 2 is 1.85 bits per heavy atom. The van der Waals surface area contributed by atoms with Crippen LogP contribution in [0.5, 0.6) is 0 Å². The summed E-state index contributed by atoms with van der Waals surface area (Å²) in [6.45, 7) is 11.7. The summed E-state index contributed by atoms with van der Waals surface area (Å²) >= 11 is 2.23. The van der Waals surface area contributed by atoms with Crippen molar-refractivity contribution in [1.29, 1.82) is 0 Å². The second-order valence-electron chi connectivity index (χ2n) is 6.09. The molecule has 0 aliphatic carbocycles. The maximum atomic E-state index is 11.3. The third-order valence-corrected chi connectivity index (χ3v) is 4.11. The molecule has 1 N–H and O–H groups in total. The minimum absolute atomic E-state index is 0.0330. The van der Waals surface area contributed by atoms with Crippen molar-refractivity contribution in [2.75, 3.05) is 0 Å². The molecule has 1 aliphatic rings. The van der Waals surface area contributed by atoms with Gasteiger partial charge in [0.2, 0.25) is 5.91 Å². The van der Waals surface area contributed by atoms with Gasteiger partial charge in [-0.1, -0.05) is 42.5 Å². The molecule has 5 atom stereocenters. The lowest BCUT2D eigenvalue weighted by Gasteiger charge is -2.48. The first-order chi connectivity index (χ1) is 9.18. The molecule has 0 aromatic rings. The van der Waals surface area contributed by atoms with Crippen molar-refractivity contribution >= 4 is 28.5 Å². The molecule has 1 aliphatic heterocycles. The number of ether oxygens (including phenoxy) is 2. The summed E-state index contributed by atoms with van der Waals surface area (Å²) in [4.78, 5) is 11.3. The van der Waals surface area contributed by atoms with E-state index in [9.17, 15) is 4.79 Å². The molecule has 20 heavy (non-hydrogen) atoms. The summed E-state index contributed by atoms with van der Waals surface area (Å²) in [5, 5.41) is 2.93. The van der Waals surface area contributed by atoms with Crippen molar-refractivity contribution in [3.8, 4) is 0 Å². The smallest absolute Gasteiger partial charge is 0.217 e. The lowest BCUT2D eigenvalue weighted by atomic mass is 9.84. The molecule has 1 saturated heterocycles. The van der Waals surface area contributed by atoms with E-state index in [4.69, 9.17) is 9.47 Å². The van der Waals surface area contributed by atoms with Crippen molar-refractivity contribution < 1.29 is 14.3 Å². The number of hydrogen-bond acceptors (Lipinski definition) is 3. The van der Waals surface area contributed by atoms with Gasteiger partial charge in [-0.25, -0.2) is 0 Å². The molecular weight excluding hydrogens is 369 g/mol. The first-order valence-corrected chi connectivity index (χ1v) is 8.32. The predicted molar refractivity (Wildman–Crippen MR) is 88.6 cm³/mol. The highest BCUT2D eigenvalue weighted by molar-refractivity contribution is 14.1.